The first-order chi connectivity index (χ1) is 5.60. The van der Waals surface area contributed by atoms with Gasteiger partial charge in [-0.2, -0.15) is 0 Å². The molecule has 5 heteroatoms. The maximum absolute atomic E-state index is 10.7. The van der Waals surface area contributed by atoms with Gasteiger partial charge in [-0.25, -0.2) is 4.79 Å². The van der Waals surface area contributed by atoms with Gasteiger partial charge in [-0.05, 0) is 13.8 Å². The second-order valence-corrected chi connectivity index (χ2v) is 2.47. The highest BCUT2D eigenvalue weighted by Gasteiger charge is 2.12. The first-order valence-electron chi connectivity index (χ1n) is 3.69. The van der Waals surface area contributed by atoms with E-state index in [2.05, 4.69) is 9.47 Å². The minimum Gasteiger partial charge on any atom is -0.429 e. The van der Waals surface area contributed by atoms with Crippen LogP contribution in [-0.4, -0.2) is 41.8 Å². The Morgan fingerprint density at radius 1 is 1.17 bits per heavy atom. The molecule has 0 radical (unpaired) electrons. The molecule has 2 atom stereocenters. The molecule has 0 saturated carbocycles. The van der Waals surface area contributed by atoms with Crippen molar-refractivity contribution >= 4 is 6.16 Å². The van der Waals surface area contributed by atoms with Crippen LogP contribution in [0.3, 0.4) is 0 Å². The van der Waals surface area contributed by atoms with Crippen molar-refractivity contribution in [3.05, 3.63) is 0 Å². The van der Waals surface area contributed by atoms with E-state index in [4.69, 9.17) is 10.2 Å². The van der Waals surface area contributed by atoms with Gasteiger partial charge < -0.3 is 19.7 Å². The molecular weight excluding hydrogens is 164 g/mol. The van der Waals surface area contributed by atoms with Crippen molar-refractivity contribution in [3.8, 4) is 0 Å². The Morgan fingerprint density at radius 3 is 1.75 bits per heavy atom. The lowest BCUT2D eigenvalue weighted by Gasteiger charge is -2.13. The predicted octanol–water partition coefficient (Wildman–Crippen LogP) is -0.0988. The molecule has 0 aliphatic carbocycles. The van der Waals surface area contributed by atoms with Crippen molar-refractivity contribution in [2.24, 2.45) is 0 Å². The van der Waals surface area contributed by atoms with Gasteiger partial charge in [-0.1, -0.05) is 0 Å². The van der Waals surface area contributed by atoms with E-state index in [9.17, 15) is 4.79 Å². The molecule has 0 fully saturated rings. The summed E-state index contributed by atoms with van der Waals surface area (Å²) in [6, 6.07) is 0. The van der Waals surface area contributed by atoms with Crippen LogP contribution in [0.1, 0.15) is 13.8 Å². The highest BCUT2D eigenvalue weighted by molar-refractivity contribution is 5.60. The zero-order valence-corrected chi connectivity index (χ0v) is 7.19. The molecule has 0 spiro atoms. The third-order valence-corrected chi connectivity index (χ3v) is 1.11. The summed E-state index contributed by atoms with van der Waals surface area (Å²) < 4.78 is 9.10. The average molecular weight is 178 g/mol. The van der Waals surface area contributed by atoms with Crippen LogP contribution in [0.4, 0.5) is 4.79 Å². The fraction of sp³-hybridized carbons (Fsp3) is 0.857. The average Bonchev–Trinajstić information content (AvgIpc) is 2.03. The van der Waals surface area contributed by atoms with Crippen molar-refractivity contribution < 1.29 is 24.5 Å². The Labute approximate surface area is 70.9 Å². The molecule has 0 aromatic heterocycles. The summed E-state index contributed by atoms with van der Waals surface area (Å²) in [4.78, 5) is 10.7. The van der Waals surface area contributed by atoms with Gasteiger partial charge in [0, 0.05) is 0 Å². The topological polar surface area (TPSA) is 76.0 Å². The maximum atomic E-state index is 10.7. The molecule has 2 unspecified atom stereocenters. The summed E-state index contributed by atoms with van der Waals surface area (Å²) in [6.45, 7) is 2.57. The van der Waals surface area contributed by atoms with Gasteiger partial charge in [0.05, 0.1) is 13.2 Å². The van der Waals surface area contributed by atoms with Crippen molar-refractivity contribution in [2.45, 2.75) is 26.1 Å². The number of hydrogen-bond acceptors (Lipinski definition) is 5. The summed E-state index contributed by atoms with van der Waals surface area (Å²) in [5.74, 6) is 0. The molecule has 0 aliphatic heterocycles. The molecule has 0 rings (SSSR count). The number of hydrogen-bond donors (Lipinski definition) is 2. The first-order valence-corrected chi connectivity index (χ1v) is 3.69. The smallest absolute Gasteiger partial charge is 0.429 e. The standard InChI is InChI=1S/C7H14O5/c1-5(3-8)11-7(10)12-6(2)4-9/h5-6,8-9H,3-4H2,1-2H3. The SMILES string of the molecule is CC(CO)OC(=O)OC(C)CO. The van der Waals surface area contributed by atoms with Crippen LogP contribution < -0.4 is 0 Å². The Hall–Kier alpha value is -0.810. The van der Waals surface area contributed by atoms with E-state index >= 15 is 0 Å². The zero-order valence-electron chi connectivity index (χ0n) is 7.19. The predicted molar refractivity (Wildman–Crippen MR) is 40.7 cm³/mol. The Morgan fingerprint density at radius 2 is 1.50 bits per heavy atom. The molecular formula is C7H14O5. The van der Waals surface area contributed by atoms with Crippen molar-refractivity contribution in [2.75, 3.05) is 13.2 Å². The fourth-order valence-corrected chi connectivity index (χ4v) is 0.431. The highest BCUT2D eigenvalue weighted by atomic mass is 16.7. The van der Waals surface area contributed by atoms with Gasteiger partial charge >= 0.3 is 6.16 Å². The molecule has 5 nitrogen and oxygen atoms in total. The van der Waals surface area contributed by atoms with Gasteiger partial charge in [0.25, 0.3) is 0 Å². The van der Waals surface area contributed by atoms with Gasteiger partial charge in [-0.3, -0.25) is 0 Å². The Bertz CT molecular complexity index is 122. The number of aliphatic hydroxyl groups is 2. The number of aliphatic hydroxyl groups excluding tert-OH is 2. The number of carbonyl (C=O) groups is 1. The molecule has 12 heavy (non-hydrogen) atoms. The molecule has 0 saturated heterocycles. The first kappa shape index (κ1) is 11.2. The number of carbonyl (C=O) groups excluding carboxylic acids is 1. The largest absolute Gasteiger partial charge is 0.508 e. The Balaban J connectivity index is 3.59. The van der Waals surface area contributed by atoms with E-state index < -0.39 is 18.4 Å². The van der Waals surface area contributed by atoms with Crippen LogP contribution in [0.15, 0.2) is 0 Å². The maximum Gasteiger partial charge on any atom is 0.508 e. The van der Waals surface area contributed by atoms with E-state index in [-0.39, 0.29) is 13.2 Å². The lowest BCUT2D eigenvalue weighted by molar-refractivity contribution is -0.0190. The lowest BCUT2D eigenvalue weighted by atomic mass is 10.4. The van der Waals surface area contributed by atoms with Crippen molar-refractivity contribution in [1.29, 1.82) is 0 Å². The number of rotatable bonds is 4. The monoisotopic (exact) mass is 178 g/mol. The van der Waals surface area contributed by atoms with Gasteiger partial charge in [0.1, 0.15) is 12.2 Å². The van der Waals surface area contributed by atoms with Gasteiger partial charge in [0.15, 0.2) is 0 Å². The van der Waals surface area contributed by atoms with Crippen molar-refractivity contribution in [1.82, 2.24) is 0 Å². The van der Waals surface area contributed by atoms with Crippen LogP contribution in [0.2, 0.25) is 0 Å². The molecule has 0 aliphatic rings. The van der Waals surface area contributed by atoms with E-state index in [1.807, 2.05) is 0 Å². The minimum absolute atomic E-state index is 0.247. The van der Waals surface area contributed by atoms with Gasteiger partial charge in [-0.15, -0.1) is 0 Å². The van der Waals surface area contributed by atoms with Crippen LogP contribution in [-0.2, 0) is 9.47 Å². The summed E-state index contributed by atoms with van der Waals surface area (Å²) in [5, 5.41) is 17.0. The van der Waals surface area contributed by atoms with E-state index in [1.54, 1.807) is 0 Å². The summed E-state index contributed by atoms with van der Waals surface area (Å²) in [6.07, 6.45) is -2.04. The van der Waals surface area contributed by atoms with Crippen molar-refractivity contribution in [3.63, 3.8) is 0 Å². The molecule has 0 heterocycles. The molecule has 0 amide bonds. The van der Waals surface area contributed by atoms with Gasteiger partial charge in [0.2, 0.25) is 0 Å². The van der Waals surface area contributed by atoms with Crippen LogP contribution in [0.25, 0.3) is 0 Å². The molecule has 0 bridgehead atoms. The second kappa shape index (κ2) is 5.79. The fourth-order valence-electron chi connectivity index (χ4n) is 0.431. The third-order valence-electron chi connectivity index (χ3n) is 1.11. The molecule has 0 aromatic carbocycles. The summed E-state index contributed by atoms with van der Waals surface area (Å²) in [7, 11) is 0. The minimum atomic E-state index is -0.877. The second-order valence-electron chi connectivity index (χ2n) is 2.47. The summed E-state index contributed by atoms with van der Waals surface area (Å²) in [5.41, 5.74) is 0. The van der Waals surface area contributed by atoms with E-state index in [0.717, 1.165) is 0 Å². The van der Waals surface area contributed by atoms with E-state index in [0.29, 0.717) is 0 Å². The zero-order chi connectivity index (χ0) is 9.56. The van der Waals surface area contributed by atoms with E-state index in [1.165, 1.54) is 13.8 Å². The van der Waals surface area contributed by atoms with Crippen LogP contribution in [0, 0.1) is 0 Å². The molecule has 0 aromatic rings. The normalized spacial score (nSPS) is 15.0. The molecule has 72 valence electrons. The molecule has 2 N–H and O–H groups in total. The number of ether oxygens (including phenoxy) is 2. The summed E-state index contributed by atoms with van der Waals surface area (Å²) >= 11 is 0. The Kier molecular flexibility index (Phi) is 5.40. The highest BCUT2D eigenvalue weighted by Crippen LogP contribution is 1.96. The lowest BCUT2D eigenvalue weighted by Crippen LogP contribution is -2.24. The van der Waals surface area contributed by atoms with Crippen LogP contribution in [0.5, 0.6) is 0 Å². The third kappa shape index (κ3) is 4.92. The quantitative estimate of drug-likeness (QED) is 0.588. The van der Waals surface area contributed by atoms with Crippen LogP contribution >= 0.6 is 0 Å².